The van der Waals surface area contributed by atoms with Crippen molar-refractivity contribution in [1.82, 2.24) is 4.90 Å². The summed E-state index contributed by atoms with van der Waals surface area (Å²) in [6.07, 6.45) is 15.9. The number of carbonyl (C=O) groups excluding carboxylic acids is 1. The van der Waals surface area contributed by atoms with Crippen LogP contribution in [0, 0.1) is 17.3 Å². The van der Waals surface area contributed by atoms with E-state index in [4.69, 9.17) is 4.99 Å². The van der Waals surface area contributed by atoms with E-state index in [2.05, 4.69) is 64.3 Å². The van der Waals surface area contributed by atoms with Crippen molar-refractivity contribution in [3.05, 3.63) is 36.5 Å². The second kappa shape index (κ2) is 9.24. The molecule has 0 aromatic rings. The predicted octanol–water partition coefficient (Wildman–Crippen LogP) is 6.33. The Morgan fingerprint density at radius 1 is 1.32 bits per heavy atom. The summed E-state index contributed by atoms with van der Waals surface area (Å²) < 4.78 is 0. The Morgan fingerprint density at radius 2 is 1.96 bits per heavy atom. The summed E-state index contributed by atoms with van der Waals surface area (Å²) in [5, 5.41) is 0. The van der Waals surface area contributed by atoms with Gasteiger partial charge in [-0.25, -0.2) is 0 Å². The Balaban J connectivity index is 2.35. The van der Waals surface area contributed by atoms with Crippen LogP contribution < -0.4 is 0 Å². The van der Waals surface area contributed by atoms with E-state index in [1.165, 1.54) is 0 Å². The van der Waals surface area contributed by atoms with Crippen LogP contribution in [0.5, 0.6) is 0 Å². The summed E-state index contributed by atoms with van der Waals surface area (Å²) in [6, 6.07) is 0.0535. The highest BCUT2D eigenvalue weighted by molar-refractivity contribution is 6.28. The summed E-state index contributed by atoms with van der Waals surface area (Å²) in [5.41, 5.74) is 1.12. The molecule has 3 nitrogen and oxygen atoms in total. The van der Waals surface area contributed by atoms with E-state index in [0.29, 0.717) is 17.3 Å². The summed E-state index contributed by atoms with van der Waals surface area (Å²) in [7, 11) is 0. The second-order valence-electron chi connectivity index (χ2n) is 9.98. The molecule has 28 heavy (non-hydrogen) atoms. The lowest BCUT2D eigenvalue weighted by Gasteiger charge is -2.48. The van der Waals surface area contributed by atoms with E-state index in [-0.39, 0.29) is 17.6 Å². The molecule has 156 valence electrons. The highest BCUT2D eigenvalue weighted by Crippen LogP contribution is 2.47. The lowest BCUT2D eigenvalue weighted by molar-refractivity contribution is -0.132. The van der Waals surface area contributed by atoms with Crippen LogP contribution in [-0.4, -0.2) is 28.7 Å². The molecule has 1 unspecified atom stereocenters. The fourth-order valence-corrected chi connectivity index (χ4v) is 4.81. The lowest BCUT2D eigenvalue weighted by atomic mass is 9.69. The Hall–Kier alpha value is -1.64. The van der Waals surface area contributed by atoms with E-state index in [1.807, 2.05) is 13.0 Å². The highest BCUT2D eigenvalue weighted by Gasteiger charge is 2.49. The van der Waals surface area contributed by atoms with Gasteiger partial charge in [-0.05, 0) is 68.3 Å². The molecule has 2 rings (SSSR count). The third-order valence-electron chi connectivity index (χ3n) is 6.50. The van der Waals surface area contributed by atoms with E-state index in [0.717, 1.165) is 44.1 Å². The Bertz CT molecular complexity index is 640. The van der Waals surface area contributed by atoms with Crippen LogP contribution >= 0.6 is 0 Å². The lowest BCUT2D eigenvalue weighted by Crippen LogP contribution is -2.54. The maximum absolute atomic E-state index is 13.0. The third-order valence-corrected chi connectivity index (χ3v) is 6.50. The molecular formula is C25H40N2O. The predicted molar refractivity (Wildman–Crippen MR) is 120 cm³/mol. The van der Waals surface area contributed by atoms with Crippen molar-refractivity contribution in [1.29, 1.82) is 0 Å². The van der Waals surface area contributed by atoms with Gasteiger partial charge in [0.25, 0.3) is 5.91 Å². The minimum Gasteiger partial charge on any atom is -0.306 e. The summed E-state index contributed by atoms with van der Waals surface area (Å²) in [6.45, 7) is 17.4. The molecular weight excluding hydrogens is 344 g/mol. The first-order chi connectivity index (χ1) is 13.1. The van der Waals surface area contributed by atoms with Crippen LogP contribution in [0.1, 0.15) is 80.1 Å². The first-order valence-electron chi connectivity index (χ1n) is 11.0. The van der Waals surface area contributed by atoms with Crippen LogP contribution in [0.3, 0.4) is 0 Å². The molecule has 3 heteroatoms. The Kier molecular flexibility index (Phi) is 7.47. The molecule has 1 amide bonds. The summed E-state index contributed by atoms with van der Waals surface area (Å²) >= 11 is 0. The molecule has 1 spiro atoms. The fourth-order valence-electron chi connectivity index (χ4n) is 4.81. The largest absolute Gasteiger partial charge is 0.306 e. The molecule has 1 aliphatic heterocycles. The molecule has 0 N–H and O–H groups in total. The number of allylic oxidation sites excluding steroid dienone is 3. The molecule has 0 saturated heterocycles. The van der Waals surface area contributed by atoms with Crippen LogP contribution in [0.15, 0.2) is 41.4 Å². The molecule has 0 aromatic heterocycles. The third kappa shape index (κ3) is 5.04. The SMILES string of the molecule is C=C/C=C(\C=C/C)C(CCC(C)C)N1C(=O)C=NC12CCC(C(C)(C)C)CC2. The molecule has 0 radical (unpaired) electrons. The van der Waals surface area contributed by atoms with Gasteiger partial charge >= 0.3 is 0 Å². The van der Waals surface area contributed by atoms with Gasteiger partial charge in [0, 0.05) is 0 Å². The average molecular weight is 385 g/mol. The Morgan fingerprint density at radius 3 is 2.46 bits per heavy atom. The smallest absolute Gasteiger partial charge is 0.267 e. The van der Waals surface area contributed by atoms with Crippen molar-refractivity contribution in [2.24, 2.45) is 22.2 Å². The maximum atomic E-state index is 13.0. The molecule has 1 aliphatic carbocycles. The van der Waals surface area contributed by atoms with Crippen molar-refractivity contribution in [2.45, 2.75) is 91.8 Å². The van der Waals surface area contributed by atoms with Gasteiger partial charge in [-0.15, -0.1) is 0 Å². The van der Waals surface area contributed by atoms with E-state index in [9.17, 15) is 4.79 Å². The number of carbonyl (C=O) groups is 1. The monoisotopic (exact) mass is 384 g/mol. The molecule has 1 fully saturated rings. The Labute approximate surface area is 172 Å². The standard InChI is InChI=1S/C25H40N2O/c1-8-10-20(11-9-2)22(13-12-19(3)4)27-23(28)18-26-25(27)16-14-21(15-17-25)24(5,6)7/h8-11,18-19,21-22H,1,12-17H2,2-7H3/b11-9-,20-10+. The van der Waals surface area contributed by atoms with Gasteiger partial charge in [-0.2, -0.15) is 0 Å². The van der Waals surface area contributed by atoms with Crippen molar-refractivity contribution in [2.75, 3.05) is 0 Å². The molecule has 1 heterocycles. The van der Waals surface area contributed by atoms with Gasteiger partial charge in [0.1, 0.15) is 5.66 Å². The van der Waals surface area contributed by atoms with Gasteiger partial charge in [0.2, 0.25) is 0 Å². The maximum Gasteiger partial charge on any atom is 0.267 e. The number of aliphatic imine (C=N–C) groups is 1. The number of nitrogens with zero attached hydrogens (tertiary/aromatic N) is 2. The molecule has 2 aliphatic rings. The zero-order valence-corrected chi connectivity index (χ0v) is 18.9. The van der Waals surface area contributed by atoms with E-state index < -0.39 is 0 Å². The highest BCUT2D eigenvalue weighted by atomic mass is 16.2. The first-order valence-corrected chi connectivity index (χ1v) is 11.0. The van der Waals surface area contributed by atoms with Crippen molar-refractivity contribution in [3.63, 3.8) is 0 Å². The molecule has 1 atom stereocenters. The van der Waals surface area contributed by atoms with Crippen molar-refractivity contribution in [3.8, 4) is 0 Å². The van der Waals surface area contributed by atoms with Crippen LogP contribution in [-0.2, 0) is 4.79 Å². The second-order valence-corrected chi connectivity index (χ2v) is 9.98. The first kappa shape index (κ1) is 22.6. The van der Waals surface area contributed by atoms with Crippen molar-refractivity contribution >= 4 is 12.1 Å². The molecule has 0 bridgehead atoms. The molecule has 1 saturated carbocycles. The van der Waals surface area contributed by atoms with E-state index >= 15 is 0 Å². The minimum atomic E-state index is -0.359. The topological polar surface area (TPSA) is 32.7 Å². The number of hydrogen-bond acceptors (Lipinski definition) is 2. The zero-order valence-electron chi connectivity index (χ0n) is 18.9. The minimum absolute atomic E-state index is 0.0535. The van der Waals surface area contributed by atoms with Gasteiger partial charge in [-0.3, -0.25) is 9.79 Å². The number of rotatable bonds is 7. The van der Waals surface area contributed by atoms with Crippen molar-refractivity contribution < 1.29 is 4.79 Å². The number of hydrogen-bond donors (Lipinski definition) is 0. The van der Waals surface area contributed by atoms with Gasteiger partial charge in [-0.1, -0.05) is 65.5 Å². The molecule has 0 aromatic carbocycles. The van der Waals surface area contributed by atoms with E-state index in [1.54, 1.807) is 6.21 Å². The average Bonchev–Trinajstić information content (AvgIpc) is 2.91. The number of amides is 1. The quantitative estimate of drug-likeness (QED) is 0.472. The van der Waals surface area contributed by atoms with Crippen LogP contribution in [0.2, 0.25) is 0 Å². The van der Waals surface area contributed by atoms with Crippen LogP contribution in [0.25, 0.3) is 0 Å². The summed E-state index contributed by atoms with van der Waals surface area (Å²) in [5.74, 6) is 1.37. The van der Waals surface area contributed by atoms with Gasteiger partial charge < -0.3 is 4.90 Å². The fraction of sp³-hybridized carbons (Fsp3) is 0.680. The van der Waals surface area contributed by atoms with Gasteiger partial charge in [0.05, 0.1) is 12.3 Å². The zero-order chi connectivity index (χ0) is 20.9. The van der Waals surface area contributed by atoms with Crippen LogP contribution in [0.4, 0.5) is 0 Å². The van der Waals surface area contributed by atoms with Gasteiger partial charge in [0.15, 0.2) is 0 Å². The summed E-state index contributed by atoms with van der Waals surface area (Å²) in [4.78, 5) is 20.0. The normalized spacial score (nSPS) is 27.4.